The van der Waals surface area contributed by atoms with Crippen molar-refractivity contribution in [2.24, 2.45) is 0 Å². The van der Waals surface area contributed by atoms with Gasteiger partial charge in [0.1, 0.15) is 0 Å². The molecule has 1 atom stereocenters. The number of carbonyl (C=O) groups is 1. The van der Waals surface area contributed by atoms with E-state index in [-0.39, 0.29) is 11.2 Å². The topological polar surface area (TPSA) is 54.9 Å². The lowest BCUT2D eigenvalue weighted by molar-refractivity contribution is -0.115. The van der Waals surface area contributed by atoms with Crippen LogP contribution in [-0.4, -0.2) is 27.1 Å². The first-order valence-electron chi connectivity index (χ1n) is 6.39. The molecule has 0 saturated heterocycles. The number of aromatic nitrogens is 2. The van der Waals surface area contributed by atoms with E-state index < -0.39 is 0 Å². The second kappa shape index (κ2) is 8.40. The van der Waals surface area contributed by atoms with E-state index >= 15 is 0 Å². The SMILES string of the molecule is CCSc1nnc(SC(C)C(=O)Nc2c(Cl)cccc2Cl)s1. The van der Waals surface area contributed by atoms with Crippen molar-refractivity contribution in [3.8, 4) is 0 Å². The molecule has 1 unspecified atom stereocenters. The molecule has 1 amide bonds. The zero-order valence-electron chi connectivity index (χ0n) is 11.8. The molecule has 0 bridgehead atoms. The number of anilines is 1. The molecule has 0 aliphatic rings. The number of nitrogens with zero attached hydrogens (tertiary/aromatic N) is 2. The Morgan fingerprint density at radius 1 is 1.32 bits per heavy atom. The van der Waals surface area contributed by atoms with Gasteiger partial charge in [-0.3, -0.25) is 4.79 Å². The first-order valence-corrected chi connectivity index (χ1v) is 9.83. The van der Waals surface area contributed by atoms with Crippen molar-refractivity contribution in [3.05, 3.63) is 28.2 Å². The Morgan fingerprint density at radius 3 is 2.59 bits per heavy atom. The van der Waals surface area contributed by atoms with Gasteiger partial charge in [0.15, 0.2) is 8.68 Å². The number of benzene rings is 1. The molecule has 118 valence electrons. The molecule has 0 radical (unpaired) electrons. The molecule has 0 saturated carbocycles. The quantitative estimate of drug-likeness (QED) is 0.693. The van der Waals surface area contributed by atoms with Gasteiger partial charge < -0.3 is 5.32 Å². The molecule has 0 aliphatic heterocycles. The number of carbonyl (C=O) groups excluding carboxylic acids is 1. The van der Waals surface area contributed by atoms with E-state index in [2.05, 4.69) is 22.4 Å². The fourth-order valence-electron chi connectivity index (χ4n) is 1.47. The average Bonchev–Trinajstić information content (AvgIpc) is 2.90. The number of rotatable bonds is 6. The fraction of sp³-hybridized carbons (Fsp3) is 0.308. The van der Waals surface area contributed by atoms with Crippen molar-refractivity contribution < 1.29 is 4.79 Å². The van der Waals surface area contributed by atoms with Gasteiger partial charge in [-0.1, -0.05) is 71.1 Å². The summed E-state index contributed by atoms with van der Waals surface area (Å²) in [7, 11) is 0. The first-order chi connectivity index (χ1) is 10.5. The lowest BCUT2D eigenvalue weighted by atomic mass is 10.3. The molecule has 0 fully saturated rings. The predicted octanol–water partition coefficient (Wildman–Crippen LogP) is 5.08. The standard InChI is InChI=1S/C13H13Cl2N3OS3/c1-3-20-12-17-18-13(22-12)21-7(2)11(19)16-10-8(14)5-4-6-9(10)15/h4-7H,3H2,1-2H3,(H,16,19). The van der Waals surface area contributed by atoms with Gasteiger partial charge in [0.05, 0.1) is 21.0 Å². The third-order valence-electron chi connectivity index (χ3n) is 2.51. The van der Waals surface area contributed by atoms with Gasteiger partial charge in [-0.05, 0) is 24.8 Å². The minimum absolute atomic E-state index is 0.181. The number of thioether (sulfide) groups is 2. The second-order valence-corrected chi connectivity index (χ2v) is 9.00. The van der Waals surface area contributed by atoms with Crippen LogP contribution in [0, 0.1) is 0 Å². The van der Waals surface area contributed by atoms with Crippen LogP contribution in [-0.2, 0) is 4.79 Å². The Labute approximate surface area is 151 Å². The first kappa shape index (κ1) is 17.9. The average molecular weight is 394 g/mol. The zero-order valence-corrected chi connectivity index (χ0v) is 15.8. The summed E-state index contributed by atoms with van der Waals surface area (Å²) in [5.74, 6) is 0.764. The monoisotopic (exact) mass is 393 g/mol. The smallest absolute Gasteiger partial charge is 0.237 e. The summed E-state index contributed by atoms with van der Waals surface area (Å²) in [6, 6.07) is 5.09. The molecule has 0 aliphatic carbocycles. The Morgan fingerprint density at radius 2 is 1.95 bits per heavy atom. The number of hydrogen-bond acceptors (Lipinski definition) is 6. The normalized spacial score (nSPS) is 12.2. The van der Waals surface area contributed by atoms with E-state index in [0.29, 0.717) is 15.7 Å². The van der Waals surface area contributed by atoms with Crippen molar-refractivity contribution in [3.63, 3.8) is 0 Å². The summed E-state index contributed by atoms with van der Waals surface area (Å²) in [5, 5.41) is 11.4. The van der Waals surface area contributed by atoms with Gasteiger partial charge in [-0.25, -0.2) is 0 Å². The van der Waals surface area contributed by atoms with E-state index in [1.807, 2.05) is 0 Å². The summed E-state index contributed by atoms with van der Waals surface area (Å²) in [6.07, 6.45) is 0. The lowest BCUT2D eigenvalue weighted by Crippen LogP contribution is -2.22. The number of para-hydroxylation sites is 1. The fourth-order valence-corrected chi connectivity index (χ4v) is 5.03. The third kappa shape index (κ3) is 4.76. The van der Waals surface area contributed by atoms with Crippen molar-refractivity contribution in [1.82, 2.24) is 10.2 Å². The molecule has 4 nitrogen and oxygen atoms in total. The molecule has 1 N–H and O–H groups in total. The van der Waals surface area contributed by atoms with Crippen molar-refractivity contribution in [1.29, 1.82) is 0 Å². The van der Waals surface area contributed by atoms with Crippen molar-refractivity contribution in [2.75, 3.05) is 11.1 Å². The largest absolute Gasteiger partial charge is 0.323 e. The molecule has 0 spiro atoms. The Balaban J connectivity index is 1.99. The Kier molecular flexibility index (Phi) is 6.83. The second-order valence-electron chi connectivity index (χ2n) is 4.11. The highest BCUT2D eigenvalue weighted by atomic mass is 35.5. The summed E-state index contributed by atoms with van der Waals surface area (Å²) < 4.78 is 1.68. The zero-order chi connectivity index (χ0) is 16.1. The molecule has 2 rings (SSSR count). The molecule has 1 heterocycles. The maximum absolute atomic E-state index is 12.3. The van der Waals surface area contributed by atoms with Gasteiger partial charge >= 0.3 is 0 Å². The van der Waals surface area contributed by atoms with E-state index in [4.69, 9.17) is 23.2 Å². The number of hydrogen-bond donors (Lipinski definition) is 1. The summed E-state index contributed by atoms with van der Waals surface area (Å²) in [6.45, 7) is 3.86. The van der Waals surface area contributed by atoms with E-state index in [1.165, 1.54) is 23.1 Å². The highest BCUT2D eigenvalue weighted by molar-refractivity contribution is 8.03. The molecule has 1 aromatic heterocycles. The van der Waals surface area contributed by atoms with Gasteiger partial charge in [0, 0.05) is 0 Å². The summed E-state index contributed by atoms with van der Waals surface area (Å²) in [4.78, 5) is 12.3. The van der Waals surface area contributed by atoms with E-state index in [1.54, 1.807) is 36.9 Å². The van der Waals surface area contributed by atoms with Crippen LogP contribution in [0.25, 0.3) is 0 Å². The van der Waals surface area contributed by atoms with Crippen LogP contribution in [0.4, 0.5) is 5.69 Å². The minimum Gasteiger partial charge on any atom is -0.323 e. The van der Waals surface area contributed by atoms with Gasteiger partial charge in [-0.15, -0.1) is 10.2 Å². The third-order valence-corrected chi connectivity index (χ3v) is 6.27. The molecular formula is C13H13Cl2N3OS3. The number of nitrogens with one attached hydrogen (secondary N) is 1. The number of halogens is 2. The van der Waals surface area contributed by atoms with Gasteiger partial charge in [0.25, 0.3) is 0 Å². The molecule has 9 heteroatoms. The minimum atomic E-state index is -0.334. The molecule has 22 heavy (non-hydrogen) atoms. The van der Waals surface area contributed by atoms with Crippen LogP contribution >= 0.6 is 58.1 Å². The molecule has 1 aromatic carbocycles. The number of amides is 1. The van der Waals surface area contributed by atoms with Crippen LogP contribution in [0.15, 0.2) is 26.9 Å². The lowest BCUT2D eigenvalue weighted by Gasteiger charge is -2.12. The molecular weight excluding hydrogens is 381 g/mol. The Bertz CT molecular complexity index is 645. The van der Waals surface area contributed by atoms with Crippen LogP contribution in [0.2, 0.25) is 10.0 Å². The maximum atomic E-state index is 12.3. The van der Waals surface area contributed by atoms with E-state index in [0.717, 1.165) is 14.4 Å². The highest BCUT2D eigenvalue weighted by Crippen LogP contribution is 2.33. The Hall–Kier alpha value is -0.470. The van der Waals surface area contributed by atoms with Gasteiger partial charge in [-0.2, -0.15) is 0 Å². The van der Waals surface area contributed by atoms with Crippen LogP contribution in [0.5, 0.6) is 0 Å². The molecule has 2 aromatic rings. The van der Waals surface area contributed by atoms with Crippen LogP contribution < -0.4 is 5.32 Å². The maximum Gasteiger partial charge on any atom is 0.237 e. The summed E-state index contributed by atoms with van der Waals surface area (Å²) in [5.41, 5.74) is 0.433. The van der Waals surface area contributed by atoms with Crippen LogP contribution in [0.1, 0.15) is 13.8 Å². The van der Waals surface area contributed by atoms with Gasteiger partial charge in [0.2, 0.25) is 5.91 Å². The van der Waals surface area contributed by atoms with Crippen LogP contribution in [0.3, 0.4) is 0 Å². The van der Waals surface area contributed by atoms with Crippen molar-refractivity contribution >= 4 is 69.7 Å². The predicted molar refractivity (Wildman–Crippen MR) is 96.7 cm³/mol. The van der Waals surface area contributed by atoms with E-state index in [9.17, 15) is 4.79 Å². The van der Waals surface area contributed by atoms with Crippen molar-refractivity contribution in [2.45, 2.75) is 27.8 Å². The summed E-state index contributed by atoms with van der Waals surface area (Å²) >= 11 is 16.6. The highest BCUT2D eigenvalue weighted by Gasteiger charge is 2.19.